The Balaban J connectivity index is 1.44. The maximum absolute atomic E-state index is 12.8. The van der Waals surface area contributed by atoms with Crippen LogP contribution in [0.15, 0.2) is 54.6 Å². The molecule has 1 N–H and O–H groups in total. The van der Waals surface area contributed by atoms with Crippen molar-refractivity contribution in [2.75, 3.05) is 32.5 Å². The zero-order valence-electron chi connectivity index (χ0n) is 18.1. The SMILES string of the molecule is COc1ccc(CCNC(=O)C2CCCN(S(=O)(=O)CCCc3ccccc3)C2)cc1. The van der Waals surface area contributed by atoms with Gasteiger partial charge < -0.3 is 10.1 Å². The molecular weight excluding hydrogens is 412 g/mol. The second kappa shape index (κ2) is 11.3. The van der Waals surface area contributed by atoms with Gasteiger partial charge in [-0.2, -0.15) is 0 Å². The molecule has 0 aromatic heterocycles. The molecule has 31 heavy (non-hydrogen) atoms. The number of ether oxygens (including phenoxy) is 1. The van der Waals surface area contributed by atoms with Crippen molar-refractivity contribution in [3.8, 4) is 5.75 Å². The highest BCUT2D eigenvalue weighted by molar-refractivity contribution is 7.89. The summed E-state index contributed by atoms with van der Waals surface area (Å²) in [6.45, 7) is 1.32. The molecule has 2 aromatic rings. The molecule has 1 fully saturated rings. The summed E-state index contributed by atoms with van der Waals surface area (Å²) < 4.78 is 32.2. The van der Waals surface area contributed by atoms with E-state index in [1.54, 1.807) is 7.11 Å². The quantitative estimate of drug-likeness (QED) is 0.611. The van der Waals surface area contributed by atoms with Crippen LogP contribution in [0.4, 0.5) is 0 Å². The molecule has 1 unspecified atom stereocenters. The number of carbonyl (C=O) groups is 1. The molecule has 0 spiro atoms. The summed E-state index contributed by atoms with van der Waals surface area (Å²) >= 11 is 0. The number of piperidine rings is 1. The van der Waals surface area contributed by atoms with Crippen LogP contribution in [0.5, 0.6) is 5.75 Å². The first-order valence-corrected chi connectivity index (χ1v) is 12.5. The first kappa shape index (κ1) is 23.3. The predicted molar refractivity (Wildman–Crippen MR) is 123 cm³/mol. The second-order valence-electron chi connectivity index (χ2n) is 7.99. The molecule has 1 aliphatic heterocycles. The third kappa shape index (κ3) is 7.08. The Morgan fingerprint density at radius 2 is 1.77 bits per heavy atom. The van der Waals surface area contributed by atoms with Gasteiger partial charge in [-0.1, -0.05) is 42.5 Å². The number of hydrogen-bond acceptors (Lipinski definition) is 4. The van der Waals surface area contributed by atoms with Gasteiger partial charge in [-0.15, -0.1) is 0 Å². The summed E-state index contributed by atoms with van der Waals surface area (Å²) in [5.41, 5.74) is 2.26. The first-order chi connectivity index (χ1) is 15.0. The van der Waals surface area contributed by atoms with Crippen molar-refractivity contribution in [2.24, 2.45) is 5.92 Å². The van der Waals surface area contributed by atoms with Crippen molar-refractivity contribution < 1.29 is 17.9 Å². The van der Waals surface area contributed by atoms with Gasteiger partial charge in [0.1, 0.15) is 5.75 Å². The number of rotatable bonds is 10. The highest BCUT2D eigenvalue weighted by Gasteiger charge is 2.31. The Morgan fingerprint density at radius 1 is 1.06 bits per heavy atom. The van der Waals surface area contributed by atoms with E-state index in [0.29, 0.717) is 25.9 Å². The van der Waals surface area contributed by atoms with Gasteiger partial charge >= 0.3 is 0 Å². The lowest BCUT2D eigenvalue weighted by Crippen LogP contribution is -2.46. The van der Waals surface area contributed by atoms with Crippen molar-refractivity contribution in [3.05, 3.63) is 65.7 Å². The number of benzene rings is 2. The number of nitrogens with one attached hydrogen (secondary N) is 1. The molecule has 1 heterocycles. The van der Waals surface area contributed by atoms with E-state index in [-0.39, 0.29) is 24.1 Å². The molecule has 0 radical (unpaired) electrons. The Morgan fingerprint density at radius 3 is 2.48 bits per heavy atom. The predicted octanol–water partition coefficient (Wildman–Crippen LogP) is 3.03. The Hall–Kier alpha value is -2.38. The summed E-state index contributed by atoms with van der Waals surface area (Å²) in [5.74, 6) is 0.583. The Bertz CT molecular complexity index is 930. The van der Waals surface area contributed by atoms with Gasteiger partial charge in [-0.25, -0.2) is 12.7 Å². The summed E-state index contributed by atoms with van der Waals surface area (Å²) in [4.78, 5) is 12.6. The number of amides is 1. The molecule has 0 saturated carbocycles. The molecule has 1 saturated heterocycles. The van der Waals surface area contributed by atoms with E-state index in [4.69, 9.17) is 4.74 Å². The third-order valence-electron chi connectivity index (χ3n) is 5.73. The van der Waals surface area contributed by atoms with Crippen LogP contribution in [-0.4, -0.2) is 51.1 Å². The molecule has 3 rings (SSSR count). The van der Waals surface area contributed by atoms with Crippen molar-refractivity contribution >= 4 is 15.9 Å². The Labute approximate surface area is 185 Å². The lowest BCUT2D eigenvalue weighted by Gasteiger charge is -2.31. The summed E-state index contributed by atoms with van der Waals surface area (Å²) in [5, 5.41) is 2.97. The lowest BCUT2D eigenvalue weighted by molar-refractivity contribution is -0.126. The van der Waals surface area contributed by atoms with Crippen molar-refractivity contribution in [3.63, 3.8) is 0 Å². The molecule has 1 atom stereocenters. The zero-order valence-corrected chi connectivity index (χ0v) is 18.9. The van der Waals surface area contributed by atoms with Crippen LogP contribution in [0.25, 0.3) is 0 Å². The van der Waals surface area contributed by atoms with Gasteiger partial charge in [0, 0.05) is 19.6 Å². The van der Waals surface area contributed by atoms with Crippen molar-refractivity contribution in [2.45, 2.75) is 32.1 Å². The van der Waals surface area contributed by atoms with Gasteiger partial charge in [-0.3, -0.25) is 4.79 Å². The van der Waals surface area contributed by atoms with Crippen LogP contribution in [0.1, 0.15) is 30.4 Å². The summed E-state index contributed by atoms with van der Waals surface area (Å²) in [7, 11) is -1.72. The van der Waals surface area contributed by atoms with Crippen LogP contribution >= 0.6 is 0 Å². The van der Waals surface area contributed by atoms with Gasteiger partial charge in [0.25, 0.3) is 0 Å². The smallest absolute Gasteiger partial charge is 0.224 e. The standard InChI is InChI=1S/C24H32N2O4S/c1-30-23-13-11-21(12-14-23)15-16-25-24(27)22-10-5-17-26(19-22)31(28,29)18-6-9-20-7-3-2-4-8-20/h2-4,7-8,11-14,22H,5-6,9-10,15-19H2,1H3,(H,25,27). The molecule has 1 amide bonds. The molecule has 1 aliphatic rings. The van der Waals surface area contributed by atoms with E-state index >= 15 is 0 Å². The first-order valence-electron chi connectivity index (χ1n) is 10.9. The van der Waals surface area contributed by atoms with E-state index in [0.717, 1.165) is 36.1 Å². The Kier molecular flexibility index (Phi) is 8.49. The fourth-order valence-electron chi connectivity index (χ4n) is 3.91. The second-order valence-corrected chi connectivity index (χ2v) is 10.1. The topological polar surface area (TPSA) is 75.7 Å². The minimum absolute atomic E-state index is 0.0577. The number of methoxy groups -OCH3 is 1. The minimum atomic E-state index is -3.35. The zero-order chi connectivity index (χ0) is 22.1. The van der Waals surface area contributed by atoms with Crippen LogP contribution in [0, 0.1) is 5.92 Å². The molecule has 0 bridgehead atoms. The average Bonchev–Trinajstić information content (AvgIpc) is 2.80. The van der Waals surface area contributed by atoms with Gasteiger partial charge in [0.2, 0.25) is 15.9 Å². The number of sulfonamides is 1. The maximum Gasteiger partial charge on any atom is 0.224 e. The third-order valence-corrected chi connectivity index (χ3v) is 7.65. The fraction of sp³-hybridized carbons (Fsp3) is 0.458. The van der Waals surface area contributed by atoms with E-state index in [9.17, 15) is 13.2 Å². The van der Waals surface area contributed by atoms with Crippen LogP contribution in [0.3, 0.4) is 0 Å². The van der Waals surface area contributed by atoms with E-state index in [1.807, 2.05) is 54.6 Å². The molecule has 7 heteroatoms. The number of hydrogen-bond donors (Lipinski definition) is 1. The summed E-state index contributed by atoms with van der Waals surface area (Å²) in [6.07, 6.45) is 3.49. The number of carbonyl (C=O) groups excluding carboxylic acids is 1. The summed E-state index contributed by atoms with van der Waals surface area (Å²) in [6, 6.07) is 17.7. The maximum atomic E-state index is 12.8. The van der Waals surface area contributed by atoms with Crippen LogP contribution in [-0.2, 0) is 27.7 Å². The van der Waals surface area contributed by atoms with Gasteiger partial charge in [0.05, 0.1) is 18.8 Å². The normalized spacial score (nSPS) is 17.3. The fourth-order valence-corrected chi connectivity index (χ4v) is 5.49. The molecular formula is C24H32N2O4S. The minimum Gasteiger partial charge on any atom is -0.497 e. The van der Waals surface area contributed by atoms with E-state index in [2.05, 4.69) is 5.32 Å². The highest BCUT2D eigenvalue weighted by atomic mass is 32.2. The average molecular weight is 445 g/mol. The monoisotopic (exact) mass is 444 g/mol. The van der Waals surface area contributed by atoms with Crippen LogP contribution in [0.2, 0.25) is 0 Å². The van der Waals surface area contributed by atoms with E-state index in [1.165, 1.54) is 4.31 Å². The number of aryl methyl sites for hydroxylation is 1. The highest BCUT2D eigenvalue weighted by Crippen LogP contribution is 2.20. The van der Waals surface area contributed by atoms with Crippen molar-refractivity contribution in [1.82, 2.24) is 9.62 Å². The molecule has 0 aliphatic carbocycles. The molecule has 168 valence electrons. The van der Waals surface area contributed by atoms with Gasteiger partial charge in [0.15, 0.2) is 0 Å². The molecule has 6 nitrogen and oxygen atoms in total. The van der Waals surface area contributed by atoms with E-state index < -0.39 is 10.0 Å². The largest absolute Gasteiger partial charge is 0.497 e. The number of nitrogens with zero attached hydrogens (tertiary/aromatic N) is 1. The lowest BCUT2D eigenvalue weighted by atomic mass is 9.99. The van der Waals surface area contributed by atoms with Gasteiger partial charge in [-0.05, 0) is 55.4 Å². The van der Waals surface area contributed by atoms with Crippen molar-refractivity contribution in [1.29, 1.82) is 0 Å². The molecule has 2 aromatic carbocycles. The van der Waals surface area contributed by atoms with Crippen LogP contribution < -0.4 is 10.1 Å².